The number of aliphatic hydroxyl groups is 1. The highest BCUT2D eigenvalue weighted by molar-refractivity contribution is 5.87. The van der Waals surface area contributed by atoms with Crippen LogP contribution in [0.25, 0.3) is 0 Å². The fourth-order valence-electron chi connectivity index (χ4n) is 6.67. The van der Waals surface area contributed by atoms with Crippen molar-refractivity contribution >= 4 is 11.9 Å². The maximum absolute atomic E-state index is 12.5. The molecule has 0 aromatic heterocycles. The monoisotopic (exact) mass is 432 g/mol. The van der Waals surface area contributed by atoms with Gasteiger partial charge in [0.25, 0.3) is 0 Å². The van der Waals surface area contributed by atoms with Crippen molar-refractivity contribution in [1.82, 2.24) is 0 Å². The molecule has 0 radical (unpaired) electrons. The lowest BCUT2D eigenvalue weighted by Gasteiger charge is -2.62. The van der Waals surface area contributed by atoms with Crippen molar-refractivity contribution in [3.8, 4) is 0 Å². The van der Waals surface area contributed by atoms with Crippen LogP contribution < -0.4 is 0 Å². The Hall–Kier alpha value is -1.66. The summed E-state index contributed by atoms with van der Waals surface area (Å²) in [5, 5.41) is 11.5. The van der Waals surface area contributed by atoms with E-state index < -0.39 is 17.1 Å². The first kappa shape index (κ1) is 22.5. The van der Waals surface area contributed by atoms with Crippen molar-refractivity contribution < 1.29 is 28.9 Å². The number of carbonyl (C=O) groups excluding carboxylic acids is 2. The Bertz CT molecular complexity index is 809. The van der Waals surface area contributed by atoms with Crippen LogP contribution in [0, 0.1) is 22.7 Å². The minimum atomic E-state index is -0.591. The quantitative estimate of drug-likeness (QED) is 0.391. The summed E-state index contributed by atoms with van der Waals surface area (Å²) in [6.07, 6.45) is 8.11. The van der Waals surface area contributed by atoms with E-state index >= 15 is 0 Å². The van der Waals surface area contributed by atoms with Crippen LogP contribution in [0.5, 0.6) is 0 Å². The minimum absolute atomic E-state index is 0.0624. The second kappa shape index (κ2) is 8.04. The standard InChI is InChI=1S/C25H36O6/c1-5-16(2)22(28)30-15-25-19(7-6-9-24(25)14-31-24)23(4,17(3)11-20(25)26)10-8-18-12-21(27)29-13-18/h5,12,17,19-20,26H,6-11,13-15H2,1-4H3. The second-order valence-corrected chi connectivity index (χ2v) is 10.4. The summed E-state index contributed by atoms with van der Waals surface area (Å²) in [4.78, 5) is 24.0. The summed E-state index contributed by atoms with van der Waals surface area (Å²) in [5.74, 6) is -0.0966. The van der Waals surface area contributed by atoms with E-state index in [4.69, 9.17) is 14.2 Å². The first-order valence-electron chi connectivity index (χ1n) is 11.7. The Morgan fingerprint density at radius 3 is 2.77 bits per heavy atom. The summed E-state index contributed by atoms with van der Waals surface area (Å²) in [6.45, 7) is 9.32. The molecular formula is C25H36O6. The molecule has 1 saturated heterocycles. The van der Waals surface area contributed by atoms with E-state index in [1.807, 2.05) is 6.92 Å². The maximum Gasteiger partial charge on any atom is 0.333 e. The van der Waals surface area contributed by atoms with Gasteiger partial charge in [0.1, 0.15) is 18.8 Å². The molecule has 31 heavy (non-hydrogen) atoms. The average molecular weight is 433 g/mol. The van der Waals surface area contributed by atoms with Crippen LogP contribution in [-0.2, 0) is 23.8 Å². The van der Waals surface area contributed by atoms with Gasteiger partial charge in [-0.3, -0.25) is 0 Å². The van der Waals surface area contributed by atoms with Crippen LogP contribution in [0.3, 0.4) is 0 Å². The fraction of sp³-hybridized carbons (Fsp3) is 0.760. The van der Waals surface area contributed by atoms with E-state index in [-0.39, 0.29) is 29.9 Å². The maximum atomic E-state index is 12.5. The fourth-order valence-corrected chi connectivity index (χ4v) is 6.67. The van der Waals surface area contributed by atoms with E-state index in [0.29, 0.717) is 31.1 Å². The lowest BCUT2D eigenvalue weighted by Crippen LogP contribution is -2.66. The van der Waals surface area contributed by atoms with Gasteiger partial charge in [0.2, 0.25) is 0 Å². The molecule has 0 aromatic carbocycles. The molecule has 2 aliphatic carbocycles. The number of cyclic esters (lactones) is 1. The van der Waals surface area contributed by atoms with Gasteiger partial charge >= 0.3 is 11.9 Å². The molecule has 3 fully saturated rings. The van der Waals surface area contributed by atoms with Crippen molar-refractivity contribution in [3.63, 3.8) is 0 Å². The van der Waals surface area contributed by atoms with Crippen molar-refractivity contribution in [2.45, 2.75) is 77.9 Å². The van der Waals surface area contributed by atoms with Crippen LogP contribution in [0.15, 0.2) is 23.3 Å². The highest BCUT2D eigenvalue weighted by atomic mass is 16.6. The molecule has 6 atom stereocenters. The van der Waals surface area contributed by atoms with Gasteiger partial charge in [0.05, 0.1) is 18.1 Å². The lowest BCUT2D eigenvalue weighted by molar-refractivity contribution is -0.217. The molecule has 2 aliphatic heterocycles. The van der Waals surface area contributed by atoms with Gasteiger partial charge < -0.3 is 19.3 Å². The van der Waals surface area contributed by atoms with Gasteiger partial charge in [-0.05, 0) is 68.8 Å². The van der Waals surface area contributed by atoms with Gasteiger partial charge in [-0.25, -0.2) is 9.59 Å². The third-order valence-electron chi connectivity index (χ3n) is 9.03. The lowest BCUT2D eigenvalue weighted by atomic mass is 9.43. The number of hydrogen-bond donors (Lipinski definition) is 1. The molecule has 4 aliphatic rings. The van der Waals surface area contributed by atoms with Crippen molar-refractivity contribution in [2.24, 2.45) is 22.7 Å². The summed E-state index contributed by atoms with van der Waals surface area (Å²) in [5.41, 5.74) is 0.568. The number of aliphatic hydroxyl groups excluding tert-OH is 1. The summed E-state index contributed by atoms with van der Waals surface area (Å²) in [7, 11) is 0. The zero-order valence-corrected chi connectivity index (χ0v) is 19.2. The first-order chi connectivity index (χ1) is 14.7. The Morgan fingerprint density at radius 1 is 1.42 bits per heavy atom. The van der Waals surface area contributed by atoms with Gasteiger partial charge in [-0.1, -0.05) is 26.3 Å². The molecule has 172 valence electrons. The van der Waals surface area contributed by atoms with Crippen molar-refractivity contribution in [1.29, 1.82) is 0 Å². The molecular weight excluding hydrogens is 396 g/mol. The Labute approximate surface area is 185 Å². The van der Waals surface area contributed by atoms with Gasteiger partial charge in [-0.15, -0.1) is 0 Å². The number of ether oxygens (including phenoxy) is 3. The molecule has 1 N–H and O–H groups in total. The van der Waals surface area contributed by atoms with Crippen molar-refractivity contribution in [3.05, 3.63) is 23.3 Å². The average Bonchev–Trinajstić information content (AvgIpc) is 3.40. The van der Waals surface area contributed by atoms with Crippen LogP contribution in [0.1, 0.15) is 66.2 Å². The molecule has 4 rings (SSSR count). The molecule has 1 spiro atoms. The van der Waals surface area contributed by atoms with Gasteiger partial charge in [0, 0.05) is 11.6 Å². The molecule has 6 nitrogen and oxygen atoms in total. The highest BCUT2D eigenvalue weighted by Crippen LogP contribution is 2.68. The zero-order valence-electron chi connectivity index (χ0n) is 19.2. The molecule has 2 heterocycles. The van der Waals surface area contributed by atoms with Crippen molar-refractivity contribution in [2.75, 3.05) is 19.8 Å². The third kappa shape index (κ3) is 3.56. The van der Waals surface area contributed by atoms with E-state index in [0.717, 1.165) is 37.7 Å². The summed E-state index contributed by atoms with van der Waals surface area (Å²) >= 11 is 0. The third-order valence-corrected chi connectivity index (χ3v) is 9.03. The second-order valence-electron chi connectivity index (χ2n) is 10.4. The molecule has 0 aromatic rings. The number of allylic oxidation sites excluding steroid dienone is 1. The summed E-state index contributed by atoms with van der Waals surface area (Å²) in [6, 6.07) is 0. The van der Waals surface area contributed by atoms with E-state index in [1.165, 1.54) is 0 Å². The van der Waals surface area contributed by atoms with E-state index in [9.17, 15) is 14.7 Å². The number of epoxide rings is 1. The number of esters is 2. The first-order valence-corrected chi connectivity index (χ1v) is 11.7. The molecule has 2 saturated carbocycles. The SMILES string of the molecule is CC=C(C)C(=O)OCC12C(O)CC(C)C(C)(CCC3=CC(=O)OC3)C1CCCC21CO1. The number of fused-ring (bicyclic) bond motifs is 2. The highest BCUT2D eigenvalue weighted by Gasteiger charge is 2.73. The van der Waals surface area contributed by atoms with E-state index in [1.54, 1.807) is 19.1 Å². The van der Waals surface area contributed by atoms with Gasteiger partial charge in [-0.2, -0.15) is 0 Å². The molecule has 6 unspecified atom stereocenters. The minimum Gasteiger partial charge on any atom is -0.462 e. The Morgan fingerprint density at radius 2 is 2.16 bits per heavy atom. The number of rotatable bonds is 6. The molecule has 0 bridgehead atoms. The zero-order chi connectivity index (χ0) is 22.4. The topological polar surface area (TPSA) is 85.4 Å². The van der Waals surface area contributed by atoms with Crippen LogP contribution >= 0.6 is 0 Å². The largest absolute Gasteiger partial charge is 0.462 e. The Kier molecular flexibility index (Phi) is 5.84. The van der Waals surface area contributed by atoms with E-state index in [2.05, 4.69) is 13.8 Å². The molecule has 6 heteroatoms. The summed E-state index contributed by atoms with van der Waals surface area (Å²) < 4.78 is 17.0. The Balaban J connectivity index is 1.64. The predicted octanol–water partition coefficient (Wildman–Crippen LogP) is 3.72. The van der Waals surface area contributed by atoms with Crippen LogP contribution in [0.4, 0.5) is 0 Å². The van der Waals surface area contributed by atoms with Gasteiger partial charge in [0.15, 0.2) is 0 Å². The van der Waals surface area contributed by atoms with Crippen LogP contribution in [0.2, 0.25) is 0 Å². The normalized spacial score (nSPS) is 42.1. The molecule has 0 amide bonds. The number of carbonyl (C=O) groups is 2. The number of hydrogen-bond acceptors (Lipinski definition) is 6. The predicted molar refractivity (Wildman–Crippen MR) is 115 cm³/mol. The van der Waals surface area contributed by atoms with Crippen LogP contribution in [-0.4, -0.2) is 48.6 Å². The smallest absolute Gasteiger partial charge is 0.333 e.